The second kappa shape index (κ2) is 8.01. The van der Waals surface area contributed by atoms with Gasteiger partial charge in [0.2, 0.25) is 5.91 Å². The van der Waals surface area contributed by atoms with Crippen molar-refractivity contribution in [2.75, 3.05) is 6.61 Å². The first-order chi connectivity index (χ1) is 12.3. The normalized spacial score (nSPS) is 33.6. The van der Waals surface area contributed by atoms with Gasteiger partial charge in [-0.3, -0.25) is 9.59 Å². The summed E-state index contributed by atoms with van der Waals surface area (Å²) in [7, 11) is 0.640. The fourth-order valence-electron chi connectivity index (χ4n) is 5.99. The molecule has 0 aromatic carbocycles. The molecule has 26 heavy (non-hydrogen) atoms. The number of hydrogen-bond donors (Lipinski definition) is 1. The van der Waals surface area contributed by atoms with E-state index in [9.17, 15) is 9.59 Å². The quantitative estimate of drug-likeness (QED) is 0.397. The molecular weight excluding hydrogens is 346 g/mol. The highest BCUT2D eigenvalue weighted by Crippen LogP contribution is 2.64. The Morgan fingerprint density at radius 3 is 2.27 bits per heavy atom. The van der Waals surface area contributed by atoms with Gasteiger partial charge in [-0.2, -0.15) is 0 Å². The summed E-state index contributed by atoms with van der Waals surface area (Å²) in [6.45, 7) is 11.0. The van der Waals surface area contributed by atoms with E-state index in [4.69, 9.17) is 9.16 Å². The first kappa shape index (κ1) is 21.4. The maximum Gasteiger partial charge on any atom is 0.314 e. The summed E-state index contributed by atoms with van der Waals surface area (Å²) in [6.07, 6.45) is 5.68. The molecule has 1 N–H and O–H groups in total. The number of nitrogens with one attached hydrogen (secondary N) is 1. The van der Waals surface area contributed by atoms with Crippen LogP contribution in [0.25, 0.3) is 0 Å². The minimum atomic E-state index is -0.696. The monoisotopic (exact) mass is 383 g/mol. The molecule has 1 aliphatic heterocycles. The molecule has 6 heteroatoms. The summed E-state index contributed by atoms with van der Waals surface area (Å²) in [4.78, 5) is 25.4. The number of amides is 1. The summed E-state index contributed by atoms with van der Waals surface area (Å²) in [5.74, 6) is 0.196. The standard InChI is InChI=1S/C20H37NO4Si/c1-6-18(7-2)19(8-3,25-26)10-9-11-20(18,15-12-16(22)21-15)17(23)24-13-14(4)5/h14-15H,6-13H2,1-5,26H3,(H,21,22). The van der Waals surface area contributed by atoms with Gasteiger partial charge in [0, 0.05) is 11.8 Å². The number of esters is 1. The van der Waals surface area contributed by atoms with E-state index in [1.807, 2.05) is 0 Å². The van der Waals surface area contributed by atoms with Gasteiger partial charge in [-0.15, -0.1) is 0 Å². The van der Waals surface area contributed by atoms with Crippen LogP contribution in [0.2, 0.25) is 0 Å². The Balaban J connectivity index is 2.58. The largest absolute Gasteiger partial charge is 0.465 e. The lowest BCUT2D eigenvalue weighted by Gasteiger charge is -2.65. The Labute approximate surface area is 161 Å². The topological polar surface area (TPSA) is 64.6 Å². The molecule has 0 radical (unpaired) electrons. The van der Waals surface area contributed by atoms with E-state index >= 15 is 0 Å². The van der Waals surface area contributed by atoms with Crippen LogP contribution in [0, 0.1) is 16.7 Å². The van der Waals surface area contributed by atoms with Crippen LogP contribution in [0.1, 0.15) is 79.6 Å². The van der Waals surface area contributed by atoms with E-state index in [2.05, 4.69) is 39.9 Å². The number of ether oxygens (including phenoxy) is 1. The SMILES string of the molecule is CCC1(O[SiH3])CCCC(C(=O)OCC(C)C)(C2CC(=O)N2)C1(CC)CC. The smallest absolute Gasteiger partial charge is 0.314 e. The summed E-state index contributed by atoms with van der Waals surface area (Å²) in [5, 5.41) is 3.05. The lowest BCUT2D eigenvalue weighted by atomic mass is 9.43. The van der Waals surface area contributed by atoms with Crippen molar-refractivity contribution in [2.24, 2.45) is 16.7 Å². The van der Waals surface area contributed by atoms with Gasteiger partial charge >= 0.3 is 5.97 Å². The van der Waals surface area contributed by atoms with Crippen molar-refractivity contribution in [3.05, 3.63) is 0 Å². The van der Waals surface area contributed by atoms with Crippen LogP contribution in [-0.4, -0.2) is 40.6 Å². The molecule has 1 amide bonds. The van der Waals surface area contributed by atoms with Crippen LogP contribution < -0.4 is 5.32 Å². The van der Waals surface area contributed by atoms with E-state index in [0.29, 0.717) is 29.4 Å². The van der Waals surface area contributed by atoms with Crippen LogP contribution in [0.5, 0.6) is 0 Å². The summed E-state index contributed by atoms with van der Waals surface area (Å²) >= 11 is 0. The minimum Gasteiger partial charge on any atom is -0.465 e. The van der Waals surface area contributed by atoms with Crippen LogP contribution in [0.3, 0.4) is 0 Å². The number of carbonyl (C=O) groups excluding carboxylic acids is 2. The molecule has 2 fully saturated rings. The highest BCUT2D eigenvalue weighted by atomic mass is 28.2. The van der Waals surface area contributed by atoms with Crippen molar-refractivity contribution in [3.63, 3.8) is 0 Å². The van der Waals surface area contributed by atoms with E-state index in [1.54, 1.807) is 0 Å². The van der Waals surface area contributed by atoms with Crippen molar-refractivity contribution < 1.29 is 18.8 Å². The van der Waals surface area contributed by atoms with E-state index < -0.39 is 5.41 Å². The van der Waals surface area contributed by atoms with Gasteiger partial charge in [-0.25, -0.2) is 0 Å². The second-order valence-electron chi connectivity index (χ2n) is 8.48. The number of hydrogen-bond acceptors (Lipinski definition) is 4. The molecule has 1 heterocycles. The molecule has 3 atom stereocenters. The van der Waals surface area contributed by atoms with Crippen molar-refractivity contribution in [3.8, 4) is 0 Å². The zero-order valence-corrected chi connectivity index (χ0v) is 19.4. The molecule has 150 valence electrons. The number of carbonyl (C=O) groups is 2. The molecule has 5 nitrogen and oxygen atoms in total. The van der Waals surface area contributed by atoms with Crippen molar-refractivity contribution in [1.29, 1.82) is 0 Å². The van der Waals surface area contributed by atoms with Crippen LogP contribution in [0.15, 0.2) is 0 Å². The molecule has 0 aromatic heterocycles. The highest BCUT2D eigenvalue weighted by molar-refractivity contribution is 5.98. The summed E-state index contributed by atoms with van der Waals surface area (Å²) < 4.78 is 12.2. The third kappa shape index (κ3) is 2.93. The van der Waals surface area contributed by atoms with Crippen LogP contribution >= 0.6 is 0 Å². The minimum absolute atomic E-state index is 0.0339. The third-order valence-corrected chi connectivity index (χ3v) is 8.06. The maximum absolute atomic E-state index is 13.6. The van der Waals surface area contributed by atoms with Gasteiger partial charge < -0.3 is 14.5 Å². The van der Waals surface area contributed by atoms with Gasteiger partial charge in [0.25, 0.3) is 0 Å². The molecule has 0 bridgehead atoms. The Hall–Kier alpha value is -0.883. The zero-order chi connectivity index (χ0) is 19.6. The lowest BCUT2D eigenvalue weighted by Crippen LogP contribution is -2.73. The molecule has 1 aliphatic carbocycles. The summed E-state index contributed by atoms with van der Waals surface area (Å²) in [5.41, 5.74) is -1.32. The van der Waals surface area contributed by atoms with Crippen molar-refractivity contribution in [1.82, 2.24) is 5.32 Å². The van der Waals surface area contributed by atoms with E-state index in [-0.39, 0.29) is 28.9 Å². The van der Waals surface area contributed by atoms with Gasteiger partial charge in [-0.1, -0.05) is 34.6 Å². The third-order valence-electron chi connectivity index (χ3n) is 7.28. The molecular formula is C20H37NO4Si. The van der Waals surface area contributed by atoms with E-state index in [1.165, 1.54) is 0 Å². The van der Waals surface area contributed by atoms with Gasteiger partial charge in [0.1, 0.15) is 10.5 Å². The van der Waals surface area contributed by atoms with Crippen molar-refractivity contribution in [2.45, 2.75) is 91.2 Å². The van der Waals surface area contributed by atoms with Gasteiger partial charge in [0.05, 0.1) is 23.7 Å². The van der Waals surface area contributed by atoms with Gasteiger partial charge in [-0.05, 0) is 44.4 Å². The summed E-state index contributed by atoms with van der Waals surface area (Å²) in [6, 6.07) is -0.141. The first-order valence-electron chi connectivity index (χ1n) is 10.3. The molecule has 2 rings (SSSR count). The van der Waals surface area contributed by atoms with Gasteiger partial charge in [0.15, 0.2) is 0 Å². The fraction of sp³-hybridized carbons (Fsp3) is 0.900. The van der Waals surface area contributed by atoms with Crippen LogP contribution in [-0.2, 0) is 18.8 Å². The molecule has 1 saturated heterocycles. The first-order valence-corrected chi connectivity index (χ1v) is 11.1. The number of rotatable bonds is 8. The second-order valence-corrected chi connectivity index (χ2v) is 8.89. The van der Waals surface area contributed by atoms with Crippen molar-refractivity contribution >= 4 is 22.4 Å². The Morgan fingerprint density at radius 1 is 1.23 bits per heavy atom. The lowest BCUT2D eigenvalue weighted by molar-refractivity contribution is -0.219. The molecule has 3 unspecified atom stereocenters. The predicted molar refractivity (Wildman–Crippen MR) is 106 cm³/mol. The molecule has 1 saturated carbocycles. The molecule has 0 spiro atoms. The average molecular weight is 384 g/mol. The maximum atomic E-state index is 13.6. The average Bonchev–Trinajstić information content (AvgIpc) is 2.62. The fourth-order valence-corrected chi connectivity index (χ4v) is 6.88. The Morgan fingerprint density at radius 2 is 1.85 bits per heavy atom. The molecule has 2 aliphatic rings. The number of β-lactam (4-membered cyclic amide) rings is 1. The highest BCUT2D eigenvalue weighted by Gasteiger charge is 2.70. The molecule has 0 aromatic rings. The zero-order valence-electron chi connectivity index (χ0n) is 17.4. The van der Waals surface area contributed by atoms with E-state index in [0.717, 1.165) is 38.5 Å². The predicted octanol–water partition coefficient (Wildman–Crippen LogP) is 2.50. The Bertz CT molecular complexity index is 520. The Kier molecular flexibility index (Phi) is 6.60. The van der Waals surface area contributed by atoms with Crippen LogP contribution in [0.4, 0.5) is 0 Å².